The fraction of sp³-hybridized carbons (Fsp3) is 0.577. The van der Waals surface area contributed by atoms with E-state index >= 15 is 0 Å². The third kappa shape index (κ3) is 8.64. The number of hydrogen-bond donors (Lipinski definition) is 0. The van der Waals surface area contributed by atoms with Gasteiger partial charge in [-0.25, -0.2) is 9.97 Å². The van der Waals surface area contributed by atoms with Crippen LogP contribution in [0, 0.1) is 5.92 Å². The van der Waals surface area contributed by atoms with E-state index < -0.39 is 0 Å². The summed E-state index contributed by atoms with van der Waals surface area (Å²) in [7, 11) is 0. The molecule has 1 aromatic carbocycles. The molecule has 1 unspecified atom stereocenters. The van der Waals surface area contributed by atoms with Gasteiger partial charge in [0.2, 0.25) is 0 Å². The second kappa shape index (κ2) is 13.9. The summed E-state index contributed by atoms with van der Waals surface area (Å²) in [6.07, 6.45) is 17.7. The van der Waals surface area contributed by atoms with E-state index in [4.69, 9.17) is 4.74 Å². The fourth-order valence-electron chi connectivity index (χ4n) is 3.33. The van der Waals surface area contributed by atoms with Gasteiger partial charge in [-0.2, -0.15) is 0 Å². The number of nitrogens with zero attached hydrogens (tertiary/aromatic N) is 2. The zero-order valence-electron chi connectivity index (χ0n) is 19.0. The molecule has 0 saturated heterocycles. The fourth-order valence-corrected chi connectivity index (χ4v) is 3.33. The Hall–Kier alpha value is -2.23. The highest BCUT2D eigenvalue weighted by Gasteiger charge is 2.13. The van der Waals surface area contributed by atoms with Gasteiger partial charge in [0.1, 0.15) is 5.75 Å². The summed E-state index contributed by atoms with van der Waals surface area (Å²) < 4.78 is 5.39. The van der Waals surface area contributed by atoms with Crippen LogP contribution in [0.25, 0.3) is 11.4 Å². The second-order valence-corrected chi connectivity index (χ2v) is 8.25. The Morgan fingerprint density at radius 1 is 0.867 bits per heavy atom. The molecule has 0 bridgehead atoms. The van der Waals surface area contributed by atoms with E-state index in [1.165, 1.54) is 63.4 Å². The van der Waals surface area contributed by atoms with Crippen LogP contribution in [0.2, 0.25) is 0 Å². The quantitative estimate of drug-likeness (QED) is 0.188. The van der Waals surface area contributed by atoms with Crippen LogP contribution in [0.3, 0.4) is 0 Å². The van der Waals surface area contributed by atoms with E-state index in [1.807, 2.05) is 38.4 Å². The highest BCUT2D eigenvalue weighted by atomic mass is 16.5. The number of hydrogen-bond acceptors (Lipinski definition) is 4. The largest absolute Gasteiger partial charge is 0.426 e. The third-order valence-electron chi connectivity index (χ3n) is 5.62. The van der Waals surface area contributed by atoms with Gasteiger partial charge in [-0.15, -0.1) is 0 Å². The average Bonchev–Trinajstić information content (AvgIpc) is 2.78. The van der Waals surface area contributed by atoms with E-state index in [2.05, 4.69) is 16.9 Å². The van der Waals surface area contributed by atoms with E-state index in [0.717, 1.165) is 18.4 Å². The van der Waals surface area contributed by atoms with Gasteiger partial charge in [0.25, 0.3) is 0 Å². The molecule has 1 atom stereocenters. The number of unbranched alkanes of at least 4 members (excludes halogenated alkanes) is 8. The van der Waals surface area contributed by atoms with Crippen molar-refractivity contribution < 1.29 is 9.53 Å². The summed E-state index contributed by atoms with van der Waals surface area (Å²) in [6.45, 7) is 6.12. The van der Waals surface area contributed by atoms with E-state index in [-0.39, 0.29) is 11.9 Å². The molecule has 2 rings (SSSR count). The third-order valence-corrected chi connectivity index (χ3v) is 5.62. The van der Waals surface area contributed by atoms with Gasteiger partial charge in [0.15, 0.2) is 5.82 Å². The molecule has 0 aliphatic carbocycles. The molecule has 164 valence electrons. The first-order valence-corrected chi connectivity index (χ1v) is 11.8. The van der Waals surface area contributed by atoms with Gasteiger partial charge in [0, 0.05) is 18.0 Å². The Kier molecular flexibility index (Phi) is 11.1. The molecule has 4 nitrogen and oxygen atoms in total. The molecule has 0 spiro atoms. The lowest BCUT2D eigenvalue weighted by atomic mass is 10.1. The first-order chi connectivity index (χ1) is 14.6. The van der Waals surface area contributed by atoms with Gasteiger partial charge in [0.05, 0.1) is 5.92 Å². The molecule has 0 fully saturated rings. The normalized spacial score (nSPS) is 12.0. The van der Waals surface area contributed by atoms with Crippen LogP contribution in [-0.2, 0) is 11.2 Å². The smallest absolute Gasteiger partial charge is 0.314 e. The molecule has 4 heteroatoms. The van der Waals surface area contributed by atoms with Gasteiger partial charge in [-0.1, -0.05) is 72.1 Å². The minimum atomic E-state index is -0.192. The van der Waals surface area contributed by atoms with Crippen LogP contribution in [0.15, 0.2) is 36.7 Å². The second-order valence-electron chi connectivity index (χ2n) is 8.25. The maximum absolute atomic E-state index is 11.9. The molecule has 1 heterocycles. The van der Waals surface area contributed by atoms with Crippen molar-refractivity contribution in [2.45, 2.75) is 91.4 Å². The molecule has 0 radical (unpaired) electrons. The number of aromatic nitrogens is 2. The van der Waals surface area contributed by atoms with Crippen LogP contribution < -0.4 is 4.74 Å². The minimum Gasteiger partial charge on any atom is -0.426 e. The van der Waals surface area contributed by atoms with Crippen molar-refractivity contribution in [1.82, 2.24) is 9.97 Å². The Morgan fingerprint density at radius 2 is 1.43 bits per heavy atom. The number of esters is 1. The SMILES string of the molecule is CCCCCCCCCCCc1cnc(-c2ccc(OC(=O)C(C)CC)cc2)nc1. The number of benzene rings is 1. The summed E-state index contributed by atoms with van der Waals surface area (Å²) in [5.74, 6) is 0.977. The van der Waals surface area contributed by atoms with Gasteiger partial charge in [-0.3, -0.25) is 4.79 Å². The van der Waals surface area contributed by atoms with Crippen molar-refractivity contribution in [3.63, 3.8) is 0 Å². The summed E-state index contributed by atoms with van der Waals surface area (Å²) >= 11 is 0. The molecule has 1 aromatic heterocycles. The molecule has 2 aromatic rings. The molecule has 30 heavy (non-hydrogen) atoms. The monoisotopic (exact) mass is 410 g/mol. The number of carbonyl (C=O) groups excluding carboxylic acids is 1. The maximum atomic E-state index is 11.9. The van der Waals surface area contributed by atoms with Crippen molar-refractivity contribution in [2.24, 2.45) is 5.92 Å². The van der Waals surface area contributed by atoms with Crippen LogP contribution in [0.4, 0.5) is 0 Å². The minimum absolute atomic E-state index is 0.0913. The average molecular weight is 411 g/mol. The van der Waals surface area contributed by atoms with Crippen molar-refractivity contribution in [3.8, 4) is 17.1 Å². The van der Waals surface area contributed by atoms with E-state index in [0.29, 0.717) is 11.6 Å². The van der Waals surface area contributed by atoms with Crippen LogP contribution in [0.1, 0.15) is 90.5 Å². The highest BCUT2D eigenvalue weighted by molar-refractivity contribution is 5.74. The standard InChI is InChI=1S/C26H38N2O2/c1-4-6-7-8-9-10-11-12-13-14-22-19-27-25(28-20-22)23-15-17-24(18-16-23)30-26(29)21(3)5-2/h15-21H,4-14H2,1-3H3. The molecular formula is C26H38N2O2. The van der Waals surface area contributed by atoms with Crippen LogP contribution >= 0.6 is 0 Å². The number of carbonyl (C=O) groups is 1. The van der Waals surface area contributed by atoms with Crippen molar-refractivity contribution in [2.75, 3.05) is 0 Å². The predicted molar refractivity (Wildman–Crippen MR) is 123 cm³/mol. The lowest BCUT2D eigenvalue weighted by Gasteiger charge is -2.09. The van der Waals surface area contributed by atoms with Gasteiger partial charge < -0.3 is 4.74 Å². The summed E-state index contributed by atoms with van der Waals surface area (Å²) in [4.78, 5) is 20.9. The zero-order valence-corrected chi connectivity index (χ0v) is 19.0. The lowest BCUT2D eigenvalue weighted by molar-refractivity contribution is -0.138. The van der Waals surface area contributed by atoms with Crippen molar-refractivity contribution in [3.05, 3.63) is 42.2 Å². The molecule has 0 aliphatic heterocycles. The lowest BCUT2D eigenvalue weighted by Crippen LogP contribution is -2.16. The molecule has 0 amide bonds. The Bertz CT molecular complexity index is 726. The van der Waals surface area contributed by atoms with Crippen molar-refractivity contribution >= 4 is 5.97 Å². The zero-order chi connectivity index (χ0) is 21.6. The summed E-state index contributed by atoms with van der Waals surface area (Å²) in [6, 6.07) is 7.40. The van der Waals surface area contributed by atoms with Gasteiger partial charge >= 0.3 is 5.97 Å². The van der Waals surface area contributed by atoms with E-state index in [9.17, 15) is 4.79 Å². The van der Waals surface area contributed by atoms with Crippen LogP contribution in [0.5, 0.6) is 5.75 Å². The Labute approximate surface area is 182 Å². The Balaban J connectivity index is 1.71. The Morgan fingerprint density at radius 3 is 2.00 bits per heavy atom. The predicted octanol–water partition coefficient (Wildman–Crippen LogP) is 7.17. The first kappa shape index (κ1) is 24.0. The van der Waals surface area contributed by atoms with Crippen LogP contribution in [-0.4, -0.2) is 15.9 Å². The number of aryl methyl sites for hydroxylation is 1. The molecule has 0 aliphatic rings. The van der Waals surface area contributed by atoms with E-state index in [1.54, 1.807) is 12.1 Å². The van der Waals surface area contributed by atoms with Gasteiger partial charge in [-0.05, 0) is 49.1 Å². The first-order valence-electron chi connectivity index (χ1n) is 11.8. The molecule has 0 saturated carbocycles. The summed E-state index contributed by atoms with van der Waals surface area (Å²) in [5.41, 5.74) is 2.12. The number of rotatable bonds is 14. The summed E-state index contributed by atoms with van der Waals surface area (Å²) in [5, 5.41) is 0. The maximum Gasteiger partial charge on any atom is 0.314 e. The number of ether oxygens (including phenoxy) is 1. The topological polar surface area (TPSA) is 52.1 Å². The van der Waals surface area contributed by atoms with Crippen molar-refractivity contribution in [1.29, 1.82) is 0 Å². The molecular weight excluding hydrogens is 372 g/mol. The highest BCUT2D eigenvalue weighted by Crippen LogP contribution is 2.21. The molecule has 0 N–H and O–H groups in total.